The third kappa shape index (κ3) is 1.98. The summed E-state index contributed by atoms with van der Waals surface area (Å²) in [5, 5.41) is 10.1. The Morgan fingerprint density at radius 3 is 2.50 bits per heavy atom. The largest absolute Gasteiger partial charge is 0.386 e. The highest BCUT2D eigenvalue weighted by atomic mass is 16.3. The van der Waals surface area contributed by atoms with Crippen molar-refractivity contribution < 1.29 is 5.11 Å². The maximum Gasteiger partial charge on any atom is 0.0837 e. The number of aliphatic hydroxyl groups is 1. The van der Waals surface area contributed by atoms with Gasteiger partial charge < -0.3 is 5.11 Å². The lowest BCUT2D eigenvalue weighted by molar-refractivity contribution is 0.0619. The summed E-state index contributed by atoms with van der Waals surface area (Å²) in [7, 11) is 0. The van der Waals surface area contributed by atoms with E-state index in [9.17, 15) is 5.11 Å². The minimum absolute atomic E-state index is 0.0950. The second kappa shape index (κ2) is 2.74. The van der Waals surface area contributed by atoms with E-state index in [0.717, 1.165) is 12.0 Å². The van der Waals surface area contributed by atoms with Crippen molar-refractivity contribution in [1.29, 1.82) is 0 Å². The molecule has 0 aromatic heterocycles. The maximum absolute atomic E-state index is 10.1. The summed E-state index contributed by atoms with van der Waals surface area (Å²) in [5.41, 5.74) is 0.495. The summed E-state index contributed by atoms with van der Waals surface area (Å²) >= 11 is 0. The first-order chi connectivity index (χ1) is 5.33. The van der Waals surface area contributed by atoms with Crippen molar-refractivity contribution >= 4 is 0 Å². The second-order valence-electron chi connectivity index (χ2n) is 4.65. The predicted molar refractivity (Wildman–Crippen MR) is 51.9 cm³/mol. The van der Waals surface area contributed by atoms with Crippen molar-refractivity contribution in [2.24, 2.45) is 5.41 Å². The summed E-state index contributed by atoms with van der Waals surface area (Å²) in [6.07, 6.45) is 6.97. The highest BCUT2D eigenvalue weighted by molar-refractivity contribution is 5.24. The van der Waals surface area contributed by atoms with E-state index in [0.29, 0.717) is 0 Å². The van der Waals surface area contributed by atoms with E-state index in [-0.39, 0.29) is 5.41 Å². The number of hydrogen-bond acceptors (Lipinski definition) is 1. The minimum atomic E-state index is -0.646. The molecule has 68 valence electrons. The van der Waals surface area contributed by atoms with Crippen molar-refractivity contribution in [2.75, 3.05) is 0 Å². The van der Waals surface area contributed by atoms with E-state index in [1.807, 2.05) is 26.0 Å². The Balaban J connectivity index is 2.95. The first kappa shape index (κ1) is 9.53. The van der Waals surface area contributed by atoms with Gasteiger partial charge in [-0.05, 0) is 31.3 Å². The monoisotopic (exact) mass is 166 g/mol. The quantitative estimate of drug-likeness (QED) is 0.586. The van der Waals surface area contributed by atoms with Crippen LogP contribution < -0.4 is 0 Å². The summed E-state index contributed by atoms with van der Waals surface area (Å²) in [6.45, 7) is 8.15. The van der Waals surface area contributed by atoms with Gasteiger partial charge in [-0.15, -0.1) is 0 Å². The van der Waals surface area contributed by atoms with Crippen LogP contribution in [0.1, 0.15) is 34.1 Å². The van der Waals surface area contributed by atoms with Gasteiger partial charge in [0.1, 0.15) is 0 Å². The smallest absolute Gasteiger partial charge is 0.0837 e. The fourth-order valence-electron chi connectivity index (χ4n) is 1.72. The Labute approximate surface area is 74.8 Å². The maximum atomic E-state index is 10.1. The minimum Gasteiger partial charge on any atom is -0.386 e. The summed E-state index contributed by atoms with van der Waals surface area (Å²) in [6, 6.07) is 0. The lowest BCUT2D eigenvalue weighted by Crippen LogP contribution is -2.30. The normalized spacial score (nSPS) is 34.2. The molecule has 0 saturated heterocycles. The van der Waals surface area contributed by atoms with Crippen molar-refractivity contribution in [3.05, 3.63) is 23.8 Å². The van der Waals surface area contributed by atoms with E-state index >= 15 is 0 Å². The zero-order valence-electron chi connectivity index (χ0n) is 8.39. The van der Waals surface area contributed by atoms with Crippen molar-refractivity contribution in [2.45, 2.75) is 39.7 Å². The van der Waals surface area contributed by atoms with Crippen LogP contribution in [0.25, 0.3) is 0 Å². The van der Waals surface area contributed by atoms with Crippen LogP contribution in [-0.4, -0.2) is 10.7 Å². The van der Waals surface area contributed by atoms with Crippen LogP contribution >= 0.6 is 0 Å². The molecule has 0 spiro atoms. The zero-order valence-corrected chi connectivity index (χ0v) is 8.39. The van der Waals surface area contributed by atoms with Gasteiger partial charge in [0.25, 0.3) is 0 Å². The van der Waals surface area contributed by atoms with Gasteiger partial charge >= 0.3 is 0 Å². The number of hydrogen-bond donors (Lipinski definition) is 1. The van der Waals surface area contributed by atoms with Crippen LogP contribution in [0.2, 0.25) is 0 Å². The molecule has 1 unspecified atom stereocenters. The van der Waals surface area contributed by atoms with E-state index in [2.05, 4.69) is 19.9 Å². The molecule has 1 nitrogen and oxygen atoms in total. The second-order valence-corrected chi connectivity index (χ2v) is 4.65. The van der Waals surface area contributed by atoms with Gasteiger partial charge in [0, 0.05) is 0 Å². The number of allylic oxidation sites excluding steroid dienone is 3. The molecule has 0 fully saturated rings. The third-order valence-electron chi connectivity index (χ3n) is 2.54. The van der Waals surface area contributed by atoms with Crippen LogP contribution in [0, 0.1) is 5.41 Å². The molecule has 0 saturated carbocycles. The van der Waals surface area contributed by atoms with Gasteiger partial charge in [-0.1, -0.05) is 32.1 Å². The Bertz CT molecular complexity index is 231. The average Bonchev–Trinajstić information content (AvgIpc) is 1.90. The van der Waals surface area contributed by atoms with Crippen molar-refractivity contribution in [3.63, 3.8) is 0 Å². The topological polar surface area (TPSA) is 20.2 Å². The van der Waals surface area contributed by atoms with E-state index in [4.69, 9.17) is 0 Å². The van der Waals surface area contributed by atoms with Crippen LogP contribution in [0.4, 0.5) is 0 Å². The lowest BCUT2D eigenvalue weighted by atomic mass is 9.79. The SMILES string of the molecule is CC1=CC=CC(C)(C)CC1(C)O. The van der Waals surface area contributed by atoms with E-state index < -0.39 is 5.60 Å². The molecule has 0 bridgehead atoms. The molecule has 1 N–H and O–H groups in total. The van der Waals surface area contributed by atoms with Gasteiger partial charge in [-0.3, -0.25) is 0 Å². The van der Waals surface area contributed by atoms with Gasteiger partial charge in [0.2, 0.25) is 0 Å². The fourth-order valence-corrected chi connectivity index (χ4v) is 1.72. The average molecular weight is 166 g/mol. The van der Waals surface area contributed by atoms with Crippen LogP contribution in [0.15, 0.2) is 23.8 Å². The molecule has 0 radical (unpaired) electrons. The molecule has 1 rings (SSSR count). The Kier molecular flexibility index (Phi) is 2.17. The molecule has 0 heterocycles. The van der Waals surface area contributed by atoms with Crippen LogP contribution in [0.5, 0.6) is 0 Å². The van der Waals surface area contributed by atoms with E-state index in [1.165, 1.54) is 0 Å². The molecule has 1 aliphatic carbocycles. The first-order valence-corrected chi connectivity index (χ1v) is 4.42. The molecule has 0 aromatic carbocycles. The summed E-state index contributed by atoms with van der Waals surface area (Å²) in [5.74, 6) is 0. The predicted octanol–water partition coefficient (Wildman–Crippen LogP) is 2.67. The van der Waals surface area contributed by atoms with Crippen LogP contribution in [-0.2, 0) is 0 Å². The molecule has 12 heavy (non-hydrogen) atoms. The summed E-state index contributed by atoms with van der Waals surface area (Å²) in [4.78, 5) is 0. The zero-order chi connectivity index (χ0) is 9.41. The molecule has 1 atom stereocenters. The Hall–Kier alpha value is -0.560. The molecule has 0 aliphatic heterocycles. The first-order valence-electron chi connectivity index (χ1n) is 4.42. The lowest BCUT2D eigenvalue weighted by Gasteiger charge is -2.30. The van der Waals surface area contributed by atoms with Gasteiger partial charge in [0.05, 0.1) is 5.60 Å². The Morgan fingerprint density at radius 1 is 1.33 bits per heavy atom. The molecule has 0 aromatic rings. The molecular formula is C11H18O. The van der Waals surface area contributed by atoms with Gasteiger partial charge in [-0.25, -0.2) is 0 Å². The standard InChI is InChI=1S/C11H18O/c1-9-6-5-7-10(2,3)8-11(9,4)12/h5-7,12H,8H2,1-4H3. The highest BCUT2D eigenvalue weighted by Crippen LogP contribution is 2.35. The Morgan fingerprint density at radius 2 is 1.92 bits per heavy atom. The molecule has 1 aliphatic rings. The number of rotatable bonds is 0. The fraction of sp³-hybridized carbons (Fsp3) is 0.636. The van der Waals surface area contributed by atoms with Crippen molar-refractivity contribution in [1.82, 2.24) is 0 Å². The van der Waals surface area contributed by atoms with Gasteiger partial charge in [0.15, 0.2) is 0 Å². The highest BCUT2D eigenvalue weighted by Gasteiger charge is 2.31. The van der Waals surface area contributed by atoms with Gasteiger partial charge in [-0.2, -0.15) is 0 Å². The van der Waals surface area contributed by atoms with Crippen LogP contribution in [0.3, 0.4) is 0 Å². The van der Waals surface area contributed by atoms with E-state index in [1.54, 1.807) is 0 Å². The molecular weight excluding hydrogens is 148 g/mol. The third-order valence-corrected chi connectivity index (χ3v) is 2.54. The molecule has 1 heteroatoms. The summed E-state index contributed by atoms with van der Waals surface area (Å²) < 4.78 is 0. The van der Waals surface area contributed by atoms with Crippen molar-refractivity contribution in [3.8, 4) is 0 Å². The molecule has 0 amide bonds.